The molecule has 3 rings (SSSR count). The standard InChI is InChI=1S/C17H14FN3O3/c1-24-12-4-2-10(3-5-12)15(22)8-19-17(23)13-6-11(18)7-14-16(13)21-9-20-14/h2-7,9H,8H2,1H3,(H,19,23)(H,20,21). The van der Waals surface area contributed by atoms with E-state index in [1.54, 1.807) is 24.3 Å². The largest absolute Gasteiger partial charge is 0.497 e. The summed E-state index contributed by atoms with van der Waals surface area (Å²) in [5.74, 6) is -0.746. The molecule has 0 saturated heterocycles. The molecule has 0 unspecified atom stereocenters. The van der Waals surface area contributed by atoms with Crippen LogP contribution in [0.25, 0.3) is 11.0 Å². The van der Waals surface area contributed by atoms with Crippen LogP contribution in [0.5, 0.6) is 5.75 Å². The molecule has 0 atom stereocenters. The van der Waals surface area contributed by atoms with Crippen LogP contribution in [0.4, 0.5) is 4.39 Å². The molecule has 0 fully saturated rings. The number of H-pyrrole nitrogens is 1. The summed E-state index contributed by atoms with van der Waals surface area (Å²) in [5.41, 5.74) is 1.29. The third-order valence-electron chi connectivity index (χ3n) is 3.55. The van der Waals surface area contributed by atoms with Gasteiger partial charge in [0.1, 0.15) is 17.1 Å². The summed E-state index contributed by atoms with van der Waals surface area (Å²) in [4.78, 5) is 31.1. The van der Waals surface area contributed by atoms with Gasteiger partial charge in [0, 0.05) is 5.56 Å². The van der Waals surface area contributed by atoms with Crippen LogP contribution in [0.15, 0.2) is 42.7 Å². The molecule has 7 heteroatoms. The summed E-state index contributed by atoms with van der Waals surface area (Å²) in [6, 6.07) is 8.89. The minimum absolute atomic E-state index is 0.0776. The minimum atomic E-state index is -0.562. The van der Waals surface area contributed by atoms with Crippen molar-refractivity contribution in [3.05, 3.63) is 59.7 Å². The van der Waals surface area contributed by atoms with Crippen LogP contribution in [-0.2, 0) is 0 Å². The SMILES string of the molecule is COc1ccc(C(=O)CNC(=O)c2cc(F)cc3[nH]cnc23)cc1. The van der Waals surface area contributed by atoms with Crippen molar-refractivity contribution >= 4 is 22.7 Å². The number of nitrogens with zero attached hydrogens (tertiary/aromatic N) is 1. The third kappa shape index (κ3) is 3.10. The molecule has 3 aromatic rings. The van der Waals surface area contributed by atoms with Crippen molar-refractivity contribution in [2.24, 2.45) is 0 Å². The maximum absolute atomic E-state index is 13.6. The lowest BCUT2D eigenvalue weighted by molar-refractivity contribution is 0.0905. The Morgan fingerprint density at radius 3 is 2.71 bits per heavy atom. The monoisotopic (exact) mass is 327 g/mol. The summed E-state index contributed by atoms with van der Waals surface area (Å²) in [6.45, 7) is -0.201. The Morgan fingerprint density at radius 1 is 1.25 bits per heavy atom. The highest BCUT2D eigenvalue weighted by atomic mass is 19.1. The van der Waals surface area contributed by atoms with Gasteiger partial charge in [-0.1, -0.05) is 0 Å². The number of aromatic amines is 1. The number of Topliss-reactive ketones (excluding diaryl/α,β-unsaturated/α-hetero) is 1. The predicted octanol–water partition coefficient (Wildman–Crippen LogP) is 2.32. The Bertz CT molecular complexity index is 903. The van der Waals surface area contributed by atoms with Gasteiger partial charge in [0.15, 0.2) is 5.78 Å². The van der Waals surface area contributed by atoms with Crippen LogP contribution in [0.1, 0.15) is 20.7 Å². The zero-order valence-corrected chi connectivity index (χ0v) is 12.8. The Morgan fingerprint density at radius 2 is 2.00 bits per heavy atom. The molecule has 1 heterocycles. The van der Waals surface area contributed by atoms with Crippen LogP contribution in [0, 0.1) is 5.82 Å². The van der Waals surface area contributed by atoms with E-state index in [-0.39, 0.29) is 17.9 Å². The second-order valence-electron chi connectivity index (χ2n) is 5.09. The van der Waals surface area contributed by atoms with Crippen molar-refractivity contribution < 1.29 is 18.7 Å². The number of halogens is 1. The number of carbonyl (C=O) groups excluding carboxylic acids is 2. The quantitative estimate of drug-likeness (QED) is 0.705. The number of nitrogens with one attached hydrogen (secondary N) is 2. The molecule has 0 spiro atoms. The number of methoxy groups -OCH3 is 1. The summed E-state index contributed by atoms with van der Waals surface area (Å²) < 4.78 is 18.6. The van der Waals surface area contributed by atoms with Crippen molar-refractivity contribution in [1.29, 1.82) is 0 Å². The number of ether oxygens (including phenoxy) is 1. The van der Waals surface area contributed by atoms with Gasteiger partial charge in [0.2, 0.25) is 0 Å². The predicted molar refractivity (Wildman–Crippen MR) is 85.7 cm³/mol. The van der Waals surface area contributed by atoms with Crippen LogP contribution in [-0.4, -0.2) is 35.3 Å². The third-order valence-corrected chi connectivity index (χ3v) is 3.55. The molecular weight excluding hydrogens is 313 g/mol. The second-order valence-corrected chi connectivity index (χ2v) is 5.09. The number of fused-ring (bicyclic) bond motifs is 1. The molecule has 2 N–H and O–H groups in total. The number of amides is 1. The zero-order chi connectivity index (χ0) is 17.1. The van der Waals surface area contributed by atoms with Gasteiger partial charge in [0.05, 0.1) is 31.1 Å². The molecule has 0 radical (unpaired) electrons. The molecule has 2 aromatic carbocycles. The number of hydrogen-bond donors (Lipinski definition) is 2. The van der Waals surface area contributed by atoms with E-state index in [2.05, 4.69) is 15.3 Å². The molecule has 24 heavy (non-hydrogen) atoms. The number of aromatic nitrogens is 2. The fraction of sp³-hybridized carbons (Fsp3) is 0.118. The maximum atomic E-state index is 13.6. The van der Waals surface area contributed by atoms with E-state index in [1.165, 1.54) is 19.5 Å². The highest BCUT2D eigenvalue weighted by molar-refractivity contribution is 6.07. The fourth-order valence-electron chi connectivity index (χ4n) is 2.32. The lowest BCUT2D eigenvalue weighted by atomic mass is 10.1. The van der Waals surface area contributed by atoms with E-state index in [4.69, 9.17) is 4.74 Å². The van der Waals surface area contributed by atoms with Gasteiger partial charge in [0.25, 0.3) is 5.91 Å². The van der Waals surface area contributed by atoms with Crippen molar-refractivity contribution in [1.82, 2.24) is 15.3 Å². The fourth-order valence-corrected chi connectivity index (χ4v) is 2.32. The summed E-state index contributed by atoms with van der Waals surface area (Å²) in [6.07, 6.45) is 1.38. The van der Waals surface area contributed by atoms with Crippen LogP contribution < -0.4 is 10.1 Å². The molecule has 0 aliphatic rings. The smallest absolute Gasteiger partial charge is 0.254 e. The van der Waals surface area contributed by atoms with Gasteiger partial charge in [-0.3, -0.25) is 9.59 Å². The van der Waals surface area contributed by atoms with Gasteiger partial charge in [-0.25, -0.2) is 9.37 Å². The molecule has 0 aliphatic carbocycles. The number of rotatable bonds is 5. The lowest BCUT2D eigenvalue weighted by Crippen LogP contribution is -2.29. The number of imidazole rings is 1. The van der Waals surface area contributed by atoms with Gasteiger partial charge in [-0.2, -0.15) is 0 Å². The number of hydrogen-bond acceptors (Lipinski definition) is 4. The first kappa shape index (κ1) is 15.7. The topological polar surface area (TPSA) is 84.1 Å². The molecule has 1 aromatic heterocycles. The zero-order valence-electron chi connectivity index (χ0n) is 12.8. The Labute approximate surface area is 136 Å². The first-order valence-electron chi connectivity index (χ1n) is 7.16. The van der Waals surface area contributed by atoms with E-state index in [9.17, 15) is 14.0 Å². The summed E-state index contributed by atoms with van der Waals surface area (Å²) in [5, 5.41) is 2.49. The van der Waals surface area contributed by atoms with Gasteiger partial charge in [-0.15, -0.1) is 0 Å². The average molecular weight is 327 g/mol. The first-order valence-corrected chi connectivity index (χ1v) is 7.16. The first-order chi connectivity index (χ1) is 11.6. The molecular formula is C17H14FN3O3. The number of ketones is 1. The van der Waals surface area contributed by atoms with E-state index in [0.717, 1.165) is 6.07 Å². The van der Waals surface area contributed by atoms with E-state index < -0.39 is 11.7 Å². The molecule has 0 bridgehead atoms. The van der Waals surface area contributed by atoms with E-state index >= 15 is 0 Å². The molecule has 122 valence electrons. The summed E-state index contributed by atoms with van der Waals surface area (Å²) >= 11 is 0. The van der Waals surface area contributed by atoms with Crippen LogP contribution in [0.2, 0.25) is 0 Å². The molecule has 6 nitrogen and oxygen atoms in total. The van der Waals surface area contributed by atoms with Crippen molar-refractivity contribution in [2.75, 3.05) is 13.7 Å². The second kappa shape index (κ2) is 6.49. The highest BCUT2D eigenvalue weighted by Crippen LogP contribution is 2.17. The normalized spacial score (nSPS) is 10.6. The molecule has 0 aliphatic heterocycles. The van der Waals surface area contributed by atoms with E-state index in [1.807, 2.05) is 0 Å². The Hall–Kier alpha value is -3.22. The molecule has 1 amide bonds. The maximum Gasteiger partial charge on any atom is 0.254 e. The number of carbonyl (C=O) groups is 2. The average Bonchev–Trinajstić information content (AvgIpc) is 3.06. The Kier molecular flexibility index (Phi) is 4.24. The van der Waals surface area contributed by atoms with Gasteiger partial charge >= 0.3 is 0 Å². The molecule has 0 saturated carbocycles. The van der Waals surface area contributed by atoms with Gasteiger partial charge in [-0.05, 0) is 36.4 Å². The summed E-state index contributed by atoms with van der Waals surface area (Å²) in [7, 11) is 1.53. The van der Waals surface area contributed by atoms with Crippen LogP contribution >= 0.6 is 0 Å². The lowest BCUT2D eigenvalue weighted by Gasteiger charge is -2.06. The van der Waals surface area contributed by atoms with Crippen molar-refractivity contribution in [3.63, 3.8) is 0 Å². The number of benzene rings is 2. The van der Waals surface area contributed by atoms with Crippen molar-refractivity contribution in [2.45, 2.75) is 0 Å². The minimum Gasteiger partial charge on any atom is -0.497 e. The highest BCUT2D eigenvalue weighted by Gasteiger charge is 2.15. The van der Waals surface area contributed by atoms with E-state index in [0.29, 0.717) is 22.3 Å². The Balaban J connectivity index is 1.72. The van der Waals surface area contributed by atoms with Gasteiger partial charge < -0.3 is 15.0 Å². The van der Waals surface area contributed by atoms with Crippen LogP contribution in [0.3, 0.4) is 0 Å². The van der Waals surface area contributed by atoms with Crippen molar-refractivity contribution in [3.8, 4) is 5.75 Å².